The zero-order chi connectivity index (χ0) is 24.8. The van der Waals surface area contributed by atoms with E-state index in [1.807, 2.05) is 24.3 Å². The van der Waals surface area contributed by atoms with Gasteiger partial charge in [-0.1, -0.05) is 55.5 Å². The van der Waals surface area contributed by atoms with Crippen LogP contribution in [-0.4, -0.2) is 21.8 Å². The van der Waals surface area contributed by atoms with E-state index in [4.69, 9.17) is 10.5 Å². The molecule has 178 valence electrons. The van der Waals surface area contributed by atoms with E-state index in [2.05, 4.69) is 22.2 Å². The molecule has 0 unspecified atom stereocenters. The molecule has 0 saturated heterocycles. The molecule has 1 aromatic heterocycles. The van der Waals surface area contributed by atoms with Crippen LogP contribution in [0.2, 0.25) is 0 Å². The third-order valence-corrected chi connectivity index (χ3v) is 5.65. The summed E-state index contributed by atoms with van der Waals surface area (Å²) in [6.07, 6.45) is 0.912. The molecule has 1 heterocycles. The van der Waals surface area contributed by atoms with Crippen LogP contribution < -0.4 is 16.6 Å². The lowest BCUT2D eigenvalue weighted by atomic mass is 10.1. The minimum atomic E-state index is -0.487. The van der Waals surface area contributed by atoms with E-state index in [0.29, 0.717) is 35.2 Å². The van der Waals surface area contributed by atoms with Gasteiger partial charge in [-0.15, -0.1) is 0 Å². The number of H-pyrrole nitrogens is 1. The van der Waals surface area contributed by atoms with Crippen LogP contribution in [0.15, 0.2) is 71.5 Å². The average molecular weight is 471 g/mol. The van der Waals surface area contributed by atoms with E-state index in [1.54, 1.807) is 42.5 Å². The maximum Gasteiger partial charge on any atom is 0.287 e. The molecule has 0 fully saturated rings. The number of hydrogen-bond acceptors (Lipinski definition) is 5. The number of hydrogen-bond donors (Lipinski definition) is 3. The van der Waals surface area contributed by atoms with E-state index in [0.717, 1.165) is 17.5 Å². The number of aromatic nitrogens is 2. The molecule has 0 spiro atoms. The highest BCUT2D eigenvalue weighted by molar-refractivity contribution is 5.93. The molecule has 0 saturated carbocycles. The van der Waals surface area contributed by atoms with Crippen molar-refractivity contribution in [3.05, 3.63) is 111 Å². The quantitative estimate of drug-likeness (QED) is 0.346. The Balaban J connectivity index is 1.45. The summed E-state index contributed by atoms with van der Waals surface area (Å²) in [4.78, 5) is 43.6. The normalized spacial score (nSPS) is 10.9. The highest BCUT2D eigenvalue weighted by Crippen LogP contribution is 2.16. The molecule has 0 aliphatic rings. The van der Waals surface area contributed by atoms with Crippen LogP contribution in [0.1, 0.15) is 50.2 Å². The summed E-state index contributed by atoms with van der Waals surface area (Å²) in [5.74, 6) is -0.979. The van der Waals surface area contributed by atoms with Crippen molar-refractivity contribution < 1.29 is 14.3 Å². The molecule has 35 heavy (non-hydrogen) atoms. The standard InChI is InChI=1S/C27H26N4O4/c1-2-17-5-3-6-19(13-17)14-29-27(34)25-30-22-8-4-7-21(23(22)26(33)31-25)16-35-15-18-9-11-20(12-10-18)24(28)32/h3-13H,2,14-16H2,1H3,(H2,28,32)(H,29,34)(H,30,31,33). The van der Waals surface area contributed by atoms with Gasteiger partial charge in [0.15, 0.2) is 5.82 Å². The average Bonchev–Trinajstić information content (AvgIpc) is 2.87. The fourth-order valence-electron chi connectivity index (χ4n) is 3.76. The van der Waals surface area contributed by atoms with Gasteiger partial charge in [0.05, 0.1) is 24.1 Å². The van der Waals surface area contributed by atoms with Gasteiger partial charge in [0.25, 0.3) is 11.5 Å². The van der Waals surface area contributed by atoms with Gasteiger partial charge in [0, 0.05) is 12.1 Å². The van der Waals surface area contributed by atoms with Crippen LogP contribution in [0.4, 0.5) is 0 Å². The Morgan fingerprint density at radius 2 is 1.71 bits per heavy atom. The van der Waals surface area contributed by atoms with E-state index in [-0.39, 0.29) is 12.4 Å². The predicted molar refractivity (Wildman–Crippen MR) is 133 cm³/mol. The minimum absolute atomic E-state index is 0.0400. The maximum absolute atomic E-state index is 12.8. The molecule has 4 rings (SSSR count). The van der Waals surface area contributed by atoms with Crippen LogP contribution in [0.3, 0.4) is 0 Å². The number of amides is 2. The van der Waals surface area contributed by atoms with Gasteiger partial charge in [-0.2, -0.15) is 0 Å². The largest absolute Gasteiger partial charge is 0.372 e. The molecule has 3 aromatic carbocycles. The van der Waals surface area contributed by atoms with Gasteiger partial charge in [-0.3, -0.25) is 14.4 Å². The molecule has 8 heteroatoms. The fraction of sp³-hybridized carbons (Fsp3) is 0.185. The third kappa shape index (κ3) is 5.80. The second-order valence-corrected chi connectivity index (χ2v) is 8.14. The number of rotatable bonds is 9. The number of ether oxygens (including phenoxy) is 1. The summed E-state index contributed by atoms with van der Waals surface area (Å²) >= 11 is 0. The molecule has 4 N–H and O–H groups in total. The Kier molecular flexibility index (Phi) is 7.32. The van der Waals surface area contributed by atoms with Crippen molar-refractivity contribution in [2.75, 3.05) is 0 Å². The van der Waals surface area contributed by atoms with Gasteiger partial charge in [0.1, 0.15) is 0 Å². The first-order valence-corrected chi connectivity index (χ1v) is 11.3. The van der Waals surface area contributed by atoms with Crippen molar-refractivity contribution in [1.29, 1.82) is 0 Å². The summed E-state index contributed by atoms with van der Waals surface area (Å²) in [6.45, 7) is 2.88. The van der Waals surface area contributed by atoms with Crippen LogP contribution in [-0.2, 0) is 30.9 Å². The van der Waals surface area contributed by atoms with Gasteiger partial charge in [0.2, 0.25) is 5.91 Å². The minimum Gasteiger partial charge on any atom is -0.372 e. The summed E-state index contributed by atoms with van der Waals surface area (Å²) in [5.41, 5.74) is 9.38. The number of carbonyl (C=O) groups is 2. The lowest BCUT2D eigenvalue weighted by molar-refractivity contribution is 0.0939. The number of aromatic amines is 1. The Bertz CT molecular complexity index is 1430. The summed E-state index contributed by atoms with van der Waals surface area (Å²) in [7, 11) is 0. The van der Waals surface area contributed by atoms with Crippen LogP contribution in [0.25, 0.3) is 10.9 Å². The second kappa shape index (κ2) is 10.8. The van der Waals surface area contributed by atoms with E-state index in [1.165, 1.54) is 5.56 Å². The van der Waals surface area contributed by atoms with Crippen LogP contribution in [0, 0.1) is 0 Å². The Morgan fingerprint density at radius 1 is 0.971 bits per heavy atom. The summed E-state index contributed by atoms with van der Waals surface area (Å²) in [5, 5.41) is 3.19. The topological polar surface area (TPSA) is 127 Å². The number of benzene rings is 3. The summed E-state index contributed by atoms with van der Waals surface area (Å²) < 4.78 is 5.78. The number of nitrogens with zero attached hydrogens (tertiary/aromatic N) is 1. The molecular weight excluding hydrogens is 444 g/mol. The molecule has 0 radical (unpaired) electrons. The van der Waals surface area contributed by atoms with E-state index < -0.39 is 17.4 Å². The molecule has 2 amide bonds. The van der Waals surface area contributed by atoms with Gasteiger partial charge in [-0.05, 0) is 46.9 Å². The number of nitrogens with one attached hydrogen (secondary N) is 2. The number of aryl methyl sites for hydroxylation is 1. The molecule has 0 aliphatic carbocycles. The molecule has 8 nitrogen and oxygen atoms in total. The van der Waals surface area contributed by atoms with E-state index in [9.17, 15) is 14.4 Å². The molecular formula is C27H26N4O4. The first kappa shape index (κ1) is 23.8. The zero-order valence-electron chi connectivity index (χ0n) is 19.3. The monoisotopic (exact) mass is 470 g/mol. The number of fused-ring (bicyclic) bond motifs is 1. The van der Waals surface area contributed by atoms with Gasteiger partial charge < -0.3 is 20.8 Å². The molecule has 0 atom stereocenters. The third-order valence-electron chi connectivity index (χ3n) is 5.65. The Hall–Kier alpha value is -4.30. The van der Waals surface area contributed by atoms with Crippen molar-refractivity contribution in [1.82, 2.24) is 15.3 Å². The van der Waals surface area contributed by atoms with Gasteiger partial charge >= 0.3 is 0 Å². The van der Waals surface area contributed by atoms with Crippen molar-refractivity contribution in [3.8, 4) is 0 Å². The highest BCUT2D eigenvalue weighted by atomic mass is 16.5. The lowest BCUT2D eigenvalue weighted by Crippen LogP contribution is -2.27. The van der Waals surface area contributed by atoms with Crippen molar-refractivity contribution >= 4 is 22.7 Å². The van der Waals surface area contributed by atoms with E-state index >= 15 is 0 Å². The summed E-state index contributed by atoms with van der Waals surface area (Å²) in [6, 6.07) is 20.0. The fourth-order valence-corrected chi connectivity index (χ4v) is 3.76. The first-order chi connectivity index (χ1) is 16.9. The van der Waals surface area contributed by atoms with Crippen molar-refractivity contribution in [3.63, 3.8) is 0 Å². The predicted octanol–water partition coefficient (Wildman–Crippen LogP) is 3.23. The first-order valence-electron chi connectivity index (χ1n) is 11.3. The van der Waals surface area contributed by atoms with Crippen molar-refractivity contribution in [2.45, 2.75) is 33.1 Å². The van der Waals surface area contributed by atoms with Crippen LogP contribution >= 0.6 is 0 Å². The second-order valence-electron chi connectivity index (χ2n) is 8.14. The number of nitrogens with two attached hydrogens (primary N) is 1. The lowest BCUT2D eigenvalue weighted by Gasteiger charge is -2.09. The van der Waals surface area contributed by atoms with Crippen molar-refractivity contribution in [2.24, 2.45) is 5.73 Å². The maximum atomic E-state index is 12.8. The van der Waals surface area contributed by atoms with Gasteiger partial charge in [-0.25, -0.2) is 4.98 Å². The number of primary amides is 1. The number of carbonyl (C=O) groups excluding carboxylic acids is 2. The zero-order valence-corrected chi connectivity index (χ0v) is 19.3. The Labute approximate surface area is 202 Å². The van der Waals surface area contributed by atoms with Crippen LogP contribution in [0.5, 0.6) is 0 Å². The Morgan fingerprint density at radius 3 is 2.46 bits per heavy atom. The highest BCUT2D eigenvalue weighted by Gasteiger charge is 2.14. The smallest absolute Gasteiger partial charge is 0.287 e. The molecule has 4 aromatic rings. The molecule has 0 aliphatic heterocycles. The molecule has 0 bridgehead atoms. The SMILES string of the molecule is CCc1cccc(CNC(=O)c2nc3cccc(COCc4ccc(C(N)=O)cc4)c3c(=O)[nH]2)c1.